The van der Waals surface area contributed by atoms with Crippen LogP contribution in [0.4, 0.5) is 0 Å². The largest absolute Gasteiger partial charge is 0.496 e. The van der Waals surface area contributed by atoms with Crippen molar-refractivity contribution in [3.05, 3.63) is 69.9 Å². The minimum atomic E-state index is -0.251. The minimum Gasteiger partial charge on any atom is -0.496 e. The van der Waals surface area contributed by atoms with Gasteiger partial charge >= 0.3 is 0 Å². The second kappa shape index (κ2) is 10.2. The molecule has 0 fully saturated rings. The Labute approximate surface area is 185 Å². The van der Waals surface area contributed by atoms with E-state index in [4.69, 9.17) is 9.47 Å². The molecule has 0 aliphatic rings. The van der Waals surface area contributed by atoms with Gasteiger partial charge in [-0.25, -0.2) is 0 Å². The third kappa shape index (κ3) is 4.72. The van der Waals surface area contributed by atoms with Crippen molar-refractivity contribution < 1.29 is 29.6 Å². The zero-order valence-electron chi connectivity index (χ0n) is 18.2. The van der Waals surface area contributed by atoms with Gasteiger partial charge in [-0.15, -0.1) is 0 Å². The highest BCUT2D eigenvalue weighted by atomic mass is 16.5. The highest BCUT2D eigenvalue weighted by Gasteiger charge is 2.14. The molecule has 0 amide bonds. The molecule has 0 spiro atoms. The van der Waals surface area contributed by atoms with Gasteiger partial charge in [0.15, 0.2) is 5.78 Å². The Morgan fingerprint density at radius 2 is 1.75 bits per heavy atom. The number of ketones is 1. The molecule has 8 heteroatoms. The molecule has 0 atom stereocenters. The molecule has 2 aromatic carbocycles. The number of rotatable bonds is 9. The molecule has 32 heavy (non-hydrogen) atoms. The number of hydrogen-bond donors (Lipinski definition) is 4. The Hall–Kier alpha value is -3.46. The molecule has 168 valence electrons. The van der Waals surface area contributed by atoms with Crippen LogP contribution in [0.1, 0.15) is 38.3 Å². The van der Waals surface area contributed by atoms with Crippen molar-refractivity contribution in [1.82, 2.24) is 10.2 Å². The molecular weight excluding hydrogens is 412 g/mol. The van der Waals surface area contributed by atoms with E-state index in [1.807, 2.05) is 6.92 Å². The number of nitrogens with one attached hydrogen (secondary N) is 1. The quantitative estimate of drug-likeness (QED) is 0.299. The van der Waals surface area contributed by atoms with Crippen LogP contribution in [0, 0.1) is 6.92 Å². The molecule has 0 aliphatic heterocycles. The number of nitrogens with zero attached hydrogens (tertiary/aromatic N) is 1. The van der Waals surface area contributed by atoms with E-state index in [2.05, 4.69) is 10.2 Å². The Bertz CT molecular complexity index is 1120. The maximum Gasteiger partial charge on any atom is 0.185 e. The third-order valence-corrected chi connectivity index (χ3v) is 5.17. The summed E-state index contributed by atoms with van der Waals surface area (Å²) >= 11 is 0. The lowest BCUT2D eigenvalue weighted by Gasteiger charge is -2.12. The maximum absolute atomic E-state index is 12.6. The standard InChI is InChI=1S/C24H26N2O6/c1-14-6-16(8-18(12-28)24(14)32-3)22(30)5-4-19-10-21(26-25-19)15-7-17(11-27)20(13-29)23(9-15)31-2/h4-10,27-29H,11-13H2,1-3H3,(H,25,26)/b5-4+. The first-order valence-corrected chi connectivity index (χ1v) is 9.93. The highest BCUT2D eigenvalue weighted by Crippen LogP contribution is 2.30. The number of ether oxygens (including phenoxy) is 2. The van der Waals surface area contributed by atoms with Gasteiger partial charge < -0.3 is 24.8 Å². The van der Waals surface area contributed by atoms with E-state index < -0.39 is 0 Å². The number of aryl methyl sites for hydroxylation is 1. The van der Waals surface area contributed by atoms with E-state index in [0.717, 1.165) is 5.56 Å². The summed E-state index contributed by atoms with van der Waals surface area (Å²) in [7, 11) is 3.02. The SMILES string of the molecule is COc1cc(-c2cc(/C=C/C(=O)c3cc(C)c(OC)c(CO)c3)[nH]n2)cc(CO)c1CO. The molecule has 0 unspecified atom stereocenters. The van der Waals surface area contributed by atoms with Gasteiger partial charge in [-0.2, -0.15) is 5.10 Å². The van der Waals surface area contributed by atoms with Crippen LogP contribution in [-0.4, -0.2) is 45.5 Å². The van der Waals surface area contributed by atoms with Crippen LogP contribution in [0.2, 0.25) is 0 Å². The number of carbonyl (C=O) groups excluding carboxylic acids is 1. The lowest BCUT2D eigenvalue weighted by molar-refractivity contribution is 0.104. The molecule has 0 saturated heterocycles. The molecule has 3 rings (SSSR count). The van der Waals surface area contributed by atoms with E-state index in [9.17, 15) is 20.1 Å². The molecule has 3 aromatic rings. The van der Waals surface area contributed by atoms with Crippen LogP contribution in [0.3, 0.4) is 0 Å². The normalized spacial score (nSPS) is 11.2. The molecule has 1 heterocycles. The van der Waals surface area contributed by atoms with Crippen LogP contribution in [0.15, 0.2) is 36.4 Å². The lowest BCUT2D eigenvalue weighted by atomic mass is 10.0. The summed E-state index contributed by atoms with van der Waals surface area (Å²) in [6.45, 7) is 1.09. The van der Waals surface area contributed by atoms with E-state index in [-0.39, 0.29) is 25.6 Å². The highest BCUT2D eigenvalue weighted by molar-refractivity contribution is 6.07. The van der Waals surface area contributed by atoms with Crippen molar-refractivity contribution in [2.24, 2.45) is 0 Å². The summed E-state index contributed by atoms with van der Waals surface area (Å²) in [6, 6.07) is 8.56. The van der Waals surface area contributed by atoms with Crippen LogP contribution < -0.4 is 9.47 Å². The topological polar surface area (TPSA) is 125 Å². The molecule has 0 bridgehead atoms. The molecule has 0 radical (unpaired) electrons. The molecule has 0 saturated carbocycles. The first kappa shape index (κ1) is 23.2. The Kier molecular flexibility index (Phi) is 7.42. The number of aromatic amines is 1. The molecular formula is C24H26N2O6. The first-order valence-electron chi connectivity index (χ1n) is 9.93. The van der Waals surface area contributed by atoms with E-state index in [1.54, 1.807) is 36.4 Å². The smallest absolute Gasteiger partial charge is 0.185 e. The van der Waals surface area contributed by atoms with Gasteiger partial charge in [0.05, 0.1) is 45.4 Å². The molecule has 1 aromatic heterocycles. The van der Waals surface area contributed by atoms with Gasteiger partial charge in [0, 0.05) is 22.3 Å². The summed E-state index contributed by atoms with van der Waals surface area (Å²) < 4.78 is 10.6. The third-order valence-electron chi connectivity index (χ3n) is 5.17. The van der Waals surface area contributed by atoms with E-state index in [1.165, 1.54) is 20.3 Å². The van der Waals surface area contributed by atoms with Crippen molar-refractivity contribution >= 4 is 11.9 Å². The van der Waals surface area contributed by atoms with Crippen LogP contribution in [0.25, 0.3) is 17.3 Å². The number of allylic oxidation sites excluding steroid dienone is 1. The fourth-order valence-electron chi connectivity index (χ4n) is 3.58. The van der Waals surface area contributed by atoms with Crippen molar-refractivity contribution in [3.8, 4) is 22.8 Å². The summed E-state index contributed by atoms with van der Waals surface area (Å²) in [5, 5.41) is 35.9. The number of benzene rings is 2. The fourth-order valence-corrected chi connectivity index (χ4v) is 3.58. The van der Waals surface area contributed by atoms with Gasteiger partial charge in [0.2, 0.25) is 0 Å². The number of aliphatic hydroxyl groups excluding tert-OH is 3. The summed E-state index contributed by atoms with van der Waals surface area (Å²) in [4.78, 5) is 12.6. The summed E-state index contributed by atoms with van der Waals surface area (Å²) in [6.07, 6.45) is 3.04. The number of methoxy groups -OCH3 is 2. The Morgan fingerprint density at radius 3 is 2.38 bits per heavy atom. The zero-order valence-corrected chi connectivity index (χ0v) is 18.2. The van der Waals surface area contributed by atoms with Gasteiger partial charge in [-0.1, -0.05) is 0 Å². The van der Waals surface area contributed by atoms with Crippen molar-refractivity contribution in [2.45, 2.75) is 26.7 Å². The predicted molar refractivity (Wildman–Crippen MR) is 119 cm³/mol. The zero-order chi connectivity index (χ0) is 23.3. The van der Waals surface area contributed by atoms with E-state index in [0.29, 0.717) is 50.7 Å². The van der Waals surface area contributed by atoms with Crippen molar-refractivity contribution in [3.63, 3.8) is 0 Å². The number of aromatic nitrogens is 2. The Balaban J connectivity index is 1.86. The first-order chi connectivity index (χ1) is 15.4. The second-order valence-corrected chi connectivity index (χ2v) is 7.18. The lowest BCUT2D eigenvalue weighted by Crippen LogP contribution is -2.01. The predicted octanol–water partition coefficient (Wildman–Crippen LogP) is 2.78. The van der Waals surface area contributed by atoms with Crippen LogP contribution >= 0.6 is 0 Å². The van der Waals surface area contributed by atoms with E-state index >= 15 is 0 Å². The number of hydrogen-bond acceptors (Lipinski definition) is 7. The average Bonchev–Trinajstić information content (AvgIpc) is 3.29. The molecule has 8 nitrogen and oxygen atoms in total. The minimum absolute atomic E-state index is 0.224. The number of aliphatic hydroxyl groups is 3. The van der Waals surface area contributed by atoms with Gasteiger partial charge in [0.1, 0.15) is 11.5 Å². The fraction of sp³-hybridized carbons (Fsp3) is 0.250. The Morgan fingerprint density at radius 1 is 1.00 bits per heavy atom. The van der Waals surface area contributed by atoms with Gasteiger partial charge in [-0.3, -0.25) is 9.89 Å². The summed E-state index contributed by atoms with van der Waals surface area (Å²) in [5.41, 5.74) is 4.73. The number of H-pyrrole nitrogens is 1. The van der Waals surface area contributed by atoms with Crippen LogP contribution in [0.5, 0.6) is 11.5 Å². The van der Waals surface area contributed by atoms with Crippen molar-refractivity contribution in [1.29, 1.82) is 0 Å². The molecule has 0 aliphatic carbocycles. The van der Waals surface area contributed by atoms with Gasteiger partial charge in [0.25, 0.3) is 0 Å². The summed E-state index contributed by atoms with van der Waals surface area (Å²) in [5.74, 6) is 0.799. The molecule has 4 N–H and O–H groups in total. The van der Waals surface area contributed by atoms with Crippen LogP contribution in [-0.2, 0) is 19.8 Å². The monoisotopic (exact) mass is 438 g/mol. The second-order valence-electron chi connectivity index (χ2n) is 7.18. The van der Waals surface area contributed by atoms with Crippen molar-refractivity contribution in [2.75, 3.05) is 14.2 Å². The number of carbonyl (C=O) groups is 1. The maximum atomic E-state index is 12.6. The average molecular weight is 438 g/mol. The van der Waals surface area contributed by atoms with Gasteiger partial charge in [-0.05, 0) is 60.5 Å².